The fraction of sp³-hybridized carbons (Fsp3) is 0. The lowest BCUT2D eigenvalue weighted by atomic mass is 10.2. The number of hydrogen-bond acceptors (Lipinski definition) is 4. The van der Waals surface area contributed by atoms with Crippen molar-refractivity contribution in [1.29, 1.82) is 0 Å². The third-order valence-corrected chi connectivity index (χ3v) is 3.96. The summed E-state index contributed by atoms with van der Waals surface area (Å²) < 4.78 is 7.96. The number of nitrogens with zero attached hydrogens (tertiary/aromatic N) is 2. The van der Waals surface area contributed by atoms with Crippen molar-refractivity contribution in [3.05, 3.63) is 71.5 Å². The Morgan fingerprint density at radius 2 is 1.61 bits per heavy atom. The van der Waals surface area contributed by atoms with Crippen molar-refractivity contribution in [2.24, 2.45) is 0 Å². The maximum absolute atomic E-state index is 6.34. The molecule has 0 radical (unpaired) electrons. The molecule has 2 aromatic heterocycles. The number of hydrogen-bond donors (Lipinski definition) is 1. The Kier molecular flexibility index (Phi) is 3.20. The fourth-order valence-electron chi connectivity index (χ4n) is 2.58. The summed E-state index contributed by atoms with van der Waals surface area (Å²) in [6, 6.07) is 21.4. The number of aromatic nitrogens is 2. The van der Waals surface area contributed by atoms with Gasteiger partial charge in [-0.05, 0) is 30.4 Å². The molecule has 2 aromatic carbocycles. The van der Waals surface area contributed by atoms with Gasteiger partial charge in [0.15, 0.2) is 0 Å². The van der Waals surface area contributed by atoms with Gasteiger partial charge >= 0.3 is 0 Å². The number of para-hydroxylation sites is 1. The SMILES string of the molecule is Nc1c2cc(-c3ccccc3)oc2nc(=S)n1-c1ccccc1. The number of nitrogens with two attached hydrogens (primary N) is 1. The largest absolute Gasteiger partial charge is 0.437 e. The van der Waals surface area contributed by atoms with Gasteiger partial charge in [0.1, 0.15) is 11.6 Å². The summed E-state index contributed by atoms with van der Waals surface area (Å²) in [6.07, 6.45) is 0. The second kappa shape index (κ2) is 5.37. The molecule has 4 aromatic rings. The Morgan fingerprint density at radius 1 is 0.957 bits per heavy atom. The summed E-state index contributed by atoms with van der Waals surface area (Å²) in [6.45, 7) is 0. The molecule has 0 aliphatic carbocycles. The van der Waals surface area contributed by atoms with E-state index < -0.39 is 0 Å². The molecule has 112 valence electrons. The molecule has 0 fully saturated rings. The van der Waals surface area contributed by atoms with Gasteiger partial charge in [0.25, 0.3) is 0 Å². The number of fused-ring (bicyclic) bond motifs is 1. The molecule has 2 N–H and O–H groups in total. The molecule has 0 amide bonds. The molecule has 23 heavy (non-hydrogen) atoms. The van der Waals surface area contributed by atoms with Crippen LogP contribution in [0.4, 0.5) is 5.82 Å². The first-order valence-corrected chi connectivity index (χ1v) is 7.58. The standard InChI is InChI=1S/C18H13N3OS/c19-16-14-11-15(12-7-3-1-4-8-12)22-17(14)20-18(23)21(16)13-9-5-2-6-10-13/h1-11H,19H2. The van der Waals surface area contributed by atoms with Crippen molar-refractivity contribution < 1.29 is 4.42 Å². The van der Waals surface area contributed by atoms with Crippen molar-refractivity contribution in [2.45, 2.75) is 0 Å². The van der Waals surface area contributed by atoms with E-state index in [2.05, 4.69) is 4.98 Å². The molecule has 0 saturated heterocycles. The molecule has 4 rings (SSSR count). The molecule has 5 heteroatoms. The normalized spacial score (nSPS) is 11.0. The molecular weight excluding hydrogens is 306 g/mol. The van der Waals surface area contributed by atoms with Crippen LogP contribution >= 0.6 is 12.2 Å². The van der Waals surface area contributed by atoms with Crippen LogP contribution in [0.3, 0.4) is 0 Å². The minimum Gasteiger partial charge on any atom is -0.437 e. The maximum Gasteiger partial charge on any atom is 0.233 e. The van der Waals surface area contributed by atoms with Gasteiger partial charge in [-0.25, -0.2) is 0 Å². The topological polar surface area (TPSA) is 57.0 Å². The van der Waals surface area contributed by atoms with Crippen molar-refractivity contribution in [2.75, 3.05) is 5.73 Å². The van der Waals surface area contributed by atoms with E-state index in [1.165, 1.54) is 0 Å². The van der Waals surface area contributed by atoms with E-state index in [1.54, 1.807) is 4.57 Å². The summed E-state index contributed by atoms with van der Waals surface area (Å²) in [7, 11) is 0. The second-order valence-corrected chi connectivity index (χ2v) is 5.51. The Labute approximate surface area is 137 Å². The van der Waals surface area contributed by atoms with Gasteiger partial charge in [-0.3, -0.25) is 4.57 Å². The number of rotatable bonds is 2. The Bertz CT molecular complexity index is 1040. The van der Waals surface area contributed by atoms with Crippen LogP contribution in [0.2, 0.25) is 0 Å². The first kappa shape index (κ1) is 13.7. The maximum atomic E-state index is 6.34. The van der Waals surface area contributed by atoms with Gasteiger partial charge < -0.3 is 10.2 Å². The fourth-order valence-corrected chi connectivity index (χ4v) is 2.87. The lowest BCUT2D eigenvalue weighted by molar-refractivity contribution is 0.616. The van der Waals surface area contributed by atoms with Crippen LogP contribution in [-0.2, 0) is 0 Å². The monoisotopic (exact) mass is 319 g/mol. The molecule has 0 bridgehead atoms. The van der Waals surface area contributed by atoms with Gasteiger partial charge in [-0.15, -0.1) is 0 Å². The molecule has 0 aliphatic heterocycles. The minimum absolute atomic E-state index is 0.371. The van der Waals surface area contributed by atoms with Gasteiger partial charge in [0.2, 0.25) is 10.5 Å². The highest BCUT2D eigenvalue weighted by Crippen LogP contribution is 2.31. The molecule has 0 unspecified atom stereocenters. The third kappa shape index (κ3) is 2.31. The third-order valence-electron chi connectivity index (χ3n) is 3.69. The summed E-state index contributed by atoms with van der Waals surface area (Å²) in [5, 5.41) is 0.751. The van der Waals surface area contributed by atoms with E-state index in [-0.39, 0.29) is 0 Å². The highest BCUT2D eigenvalue weighted by molar-refractivity contribution is 7.71. The zero-order valence-electron chi connectivity index (χ0n) is 12.1. The van der Waals surface area contributed by atoms with Gasteiger partial charge in [-0.2, -0.15) is 4.98 Å². The minimum atomic E-state index is 0.371. The zero-order valence-corrected chi connectivity index (χ0v) is 13.0. The molecular formula is C18H13N3OS. The number of nitrogen functional groups attached to an aromatic ring is 1. The van der Waals surface area contributed by atoms with E-state index in [9.17, 15) is 0 Å². The molecule has 0 spiro atoms. The molecule has 0 atom stereocenters. The van der Waals surface area contributed by atoms with Crippen LogP contribution in [0.1, 0.15) is 0 Å². The smallest absolute Gasteiger partial charge is 0.233 e. The molecule has 2 heterocycles. The van der Waals surface area contributed by atoms with Gasteiger partial charge in [-0.1, -0.05) is 48.5 Å². The predicted molar refractivity (Wildman–Crippen MR) is 94.0 cm³/mol. The Morgan fingerprint density at radius 3 is 2.30 bits per heavy atom. The molecule has 0 saturated carbocycles. The highest BCUT2D eigenvalue weighted by atomic mass is 32.1. The number of furan rings is 1. The second-order valence-electron chi connectivity index (χ2n) is 5.15. The quantitative estimate of drug-likeness (QED) is 0.549. The first-order chi connectivity index (χ1) is 11.2. The molecule has 0 aliphatic rings. The van der Waals surface area contributed by atoms with Gasteiger partial charge in [0, 0.05) is 11.3 Å². The highest BCUT2D eigenvalue weighted by Gasteiger charge is 2.14. The predicted octanol–water partition coefficient (Wildman–Crippen LogP) is 4.60. The van der Waals surface area contributed by atoms with Crippen molar-refractivity contribution in [3.8, 4) is 17.0 Å². The van der Waals surface area contributed by atoms with Crippen LogP contribution in [-0.4, -0.2) is 9.55 Å². The zero-order chi connectivity index (χ0) is 15.8. The van der Waals surface area contributed by atoms with E-state index in [1.807, 2.05) is 66.7 Å². The molecule has 4 nitrogen and oxygen atoms in total. The van der Waals surface area contributed by atoms with E-state index in [0.717, 1.165) is 22.4 Å². The van der Waals surface area contributed by atoms with E-state index in [4.69, 9.17) is 22.4 Å². The summed E-state index contributed by atoms with van der Waals surface area (Å²) in [5.41, 5.74) is 8.65. The van der Waals surface area contributed by atoms with Crippen molar-refractivity contribution in [1.82, 2.24) is 9.55 Å². The van der Waals surface area contributed by atoms with Crippen molar-refractivity contribution >= 4 is 29.1 Å². The average Bonchev–Trinajstić information content (AvgIpc) is 3.01. The van der Waals surface area contributed by atoms with E-state index >= 15 is 0 Å². The van der Waals surface area contributed by atoms with Crippen LogP contribution in [0, 0.1) is 4.77 Å². The summed E-state index contributed by atoms with van der Waals surface area (Å²) in [5.74, 6) is 1.25. The van der Waals surface area contributed by atoms with Crippen molar-refractivity contribution in [3.63, 3.8) is 0 Å². The first-order valence-electron chi connectivity index (χ1n) is 7.17. The lowest BCUT2D eigenvalue weighted by Gasteiger charge is -2.10. The summed E-state index contributed by atoms with van der Waals surface area (Å²) in [4.78, 5) is 4.39. The van der Waals surface area contributed by atoms with Crippen LogP contribution in [0.25, 0.3) is 28.1 Å². The Hall–Kier alpha value is -2.92. The number of anilines is 1. The average molecular weight is 319 g/mol. The van der Waals surface area contributed by atoms with Crippen LogP contribution in [0.15, 0.2) is 71.1 Å². The number of benzene rings is 2. The van der Waals surface area contributed by atoms with Crippen LogP contribution in [0.5, 0.6) is 0 Å². The summed E-state index contributed by atoms with van der Waals surface area (Å²) >= 11 is 5.39. The van der Waals surface area contributed by atoms with Gasteiger partial charge in [0.05, 0.1) is 5.39 Å². The Balaban J connectivity index is 1.97. The van der Waals surface area contributed by atoms with Crippen LogP contribution < -0.4 is 5.73 Å². The lowest BCUT2D eigenvalue weighted by Crippen LogP contribution is -2.06. The van der Waals surface area contributed by atoms with E-state index in [0.29, 0.717) is 16.3 Å².